The highest BCUT2D eigenvalue weighted by molar-refractivity contribution is 7.10. The number of ether oxygens (including phenoxy) is 1. The van der Waals surface area contributed by atoms with Gasteiger partial charge in [0.15, 0.2) is 5.69 Å². The van der Waals surface area contributed by atoms with E-state index in [1.807, 2.05) is 36.4 Å². The molecule has 0 saturated carbocycles. The van der Waals surface area contributed by atoms with Crippen molar-refractivity contribution in [3.63, 3.8) is 0 Å². The molecule has 0 spiro atoms. The van der Waals surface area contributed by atoms with Crippen LogP contribution in [-0.2, 0) is 4.74 Å². The van der Waals surface area contributed by atoms with Crippen molar-refractivity contribution in [2.45, 2.75) is 24.5 Å². The number of hydrogen-bond acceptors (Lipinski definition) is 7. The summed E-state index contributed by atoms with van der Waals surface area (Å²) in [5.74, 6) is -1.33. The van der Waals surface area contributed by atoms with E-state index in [1.54, 1.807) is 0 Å². The van der Waals surface area contributed by atoms with Gasteiger partial charge < -0.3 is 25.4 Å². The molecule has 0 aliphatic heterocycles. The Bertz CT molecular complexity index is 1090. The Kier molecular flexibility index (Phi) is 6.50. The fourth-order valence-electron chi connectivity index (χ4n) is 3.93. The summed E-state index contributed by atoms with van der Waals surface area (Å²) < 4.78 is 5.42. The van der Waals surface area contributed by atoms with Gasteiger partial charge in [0.2, 0.25) is 0 Å². The molecule has 1 aliphatic carbocycles. The third-order valence-corrected chi connectivity index (χ3v) is 6.38. The van der Waals surface area contributed by atoms with Gasteiger partial charge in [0.1, 0.15) is 12.7 Å². The molecule has 1 aliphatic rings. The van der Waals surface area contributed by atoms with Gasteiger partial charge >= 0.3 is 12.1 Å². The lowest BCUT2D eigenvalue weighted by Gasteiger charge is -2.18. The Morgan fingerprint density at radius 3 is 2.31 bits per heavy atom. The number of carboxylic acids is 1. The summed E-state index contributed by atoms with van der Waals surface area (Å²) in [6.07, 6.45) is -3.28. The highest BCUT2D eigenvalue weighted by Gasteiger charge is 2.29. The quantitative estimate of drug-likeness (QED) is 0.411. The van der Waals surface area contributed by atoms with Crippen LogP contribution in [0, 0.1) is 0 Å². The Hall–Kier alpha value is -3.27. The van der Waals surface area contributed by atoms with Crippen LogP contribution < -0.4 is 5.32 Å². The monoisotopic (exact) mass is 454 g/mol. The lowest BCUT2D eigenvalue weighted by molar-refractivity contribution is 0.0147. The number of nitrogens with zero attached hydrogens (tertiary/aromatic N) is 1. The van der Waals surface area contributed by atoms with Gasteiger partial charge in [-0.3, -0.25) is 0 Å². The molecule has 1 aromatic heterocycles. The largest absolute Gasteiger partial charge is 0.476 e. The van der Waals surface area contributed by atoms with Crippen LogP contribution in [0.4, 0.5) is 4.79 Å². The Balaban J connectivity index is 1.29. The van der Waals surface area contributed by atoms with Gasteiger partial charge in [-0.25, -0.2) is 14.6 Å². The van der Waals surface area contributed by atoms with Gasteiger partial charge in [0.25, 0.3) is 0 Å². The first-order valence-corrected chi connectivity index (χ1v) is 11.0. The Morgan fingerprint density at radius 2 is 1.69 bits per heavy atom. The summed E-state index contributed by atoms with van der Waals surface area (Å²) in [7, 11) is 0. The molecule has 1 heterocycles. The van der Waals surface area contributed by atoms with Crippen molar-refractivity contribution >= 4 is 23.4 Å². The predicted octanol–water partition coefficient (Wildman–Crippen LogP) is 3.16. The molecule has 8 nitrogen and oxygen atoms in total. The van der Waals surface area contributed by atoms with E-state index in [1.165, 1.54) is 5.51 Å². The third-order valence-electron chi connectivity index (χ3n) is 5.48. The maximum atomic E-state index is 12.2. The Morgan fingerprint density at radius 1 is 1.06 bits per heavy atom. The molecule has 0 bridgehead atoms. The summed E-state index contributed by atoms with van der Waals surface area (Å²) in [5.41, 5.74) is 5.50. The molecular weight excluding hydrogens is 432 g/mol. The second-order valence-corrected chi connectivity index (χ2v) is 8.31. The lowest BCUT2D eigenvalue weighted by Crippen LogP contribution is -2.30. The Labute approximate surface area is 188 Å². The summed E-state index contributed by atoms with van der Waals surface area (Å²) in [6.45, 7) is 0.226. The normalized spacial score (nSPS) is 14.3. The van der Waals surface area contributed by atoms with Crippen molar-refractivity contribution in [1.82, 2.24) is 10.3 Å². The molecule has 2 unspecified atom stereocenters. The maximum absolute atomic E-state index is 12.2. The first-order chi connectivity index (χ1) is 15.5. The van der Waals surface area contributed by atoms with Gasteiger partial charge in [-0.15, -0.1) is 11.3 Å². The minimum absolute atomic E-state index is 0.0162. The zero-order valence-corrected chi connectivity index (χ0v) is 17.8. The number of carbonyl (C=O) groups is 2. The number of amides is 1. The average Bonchev–Trinajstić information content (AvgIpc) is 3.41. The molecule has 9 heteroatoms. The first-order valence-electron chi connectivity index (χ1n) is 10.1. The number of carboxylic acid groups (broad SMARTS) is 1. The van der Waals surface area contributed by atoms with Gasteiger partial charge in [0.05, 0.1) is 16.5 Å². The van der Waals surface area contributed by atoms with Crippen molar-refractivity contribution in [1.29, 1.82) is 0 Å². The fraction of sp³-hybridized carbons (Fsp3) is 0.261. The van der Waals surface area contributed by atoms with E-state index in [0.29, 0.717) is 0 Å². The number of aromatic carboxylic acids is 1. The number of carbonyl (C=O) groups excluding carboxylic acids is 1. The van der Waals surface area contributed by atoms with Crippen LogP contribution in [0.3, 0.4) is 0 Å². The SMILES string of the molecule is O=C(NCCC(O)C(O)c1scnc1C(=O)O)OCC1c2ccccc2-c2ccccc21. The van der Waals surface area contributed by atoms with Gasteiger partial charge in [-0.05, 0) is 28.7 Å². The van der Waals surface area contributed by atoms with Crippen LogP contribution in [0.2, 0.25) is 0 Å². The second-order valence-electron chi connectivity index (χ2n) is 7.42. The van der Waals surface area contributed by atoms with E-state index < -0.39 is 24.3 Å². The molecule has 32 heavy (non-hydrogen) atoms. The number of thiazole rings is 1. The predicted molar refractivity (Wildman–Crippen MR) is 118 cm³/mol. The maximum Gasteiger partial charge on any atom is 0.407 e. The van der Waals surface area contributed by atoms with E-state index in [2.05, 4.69) is 22.4 Å². The van der Waals surface area contributed by atoms with Crippen LogP contribution >= 0.6 is 11.3 Å². The molecule has 0 saturated heterocycles. The van der Waals surface area contributed by atoms with E-state index >= 15 is 0 Å². The minimum Gasteiger partial charge on any atom is -0.476 e. The molecule has 0 fully saturated rings. The topological polar surface area (TPSA) is 129 Å². The molecule has 166 valence electrons. The lowest BCUT2D eigenvalue weighted by atomic mass is 9.98. The van der Waals surface area contributed by atoms with Gasteiger partial charge in [0, 0.05) is 12.5 Å². The second kappa shape index (κ2) is 9.47. The standard InChI is InChI=1S/C23H22N2O6S/c26-18(20(27)21-19(22(28)29)25-12-32-21)9-10-24-23(30)31-11-17-15-7-3-1-5-13(15)14-6-2-4-8-16(14)17/h1-8,12,17-18,20,26-27H,9-11H2,(H,24,30)(H,28,29). The number of hydrogen-bond donors (Lipinski definition) is 4. The number of alkyl carbamates (subject to hydrolysis) is 1. The van der Waals surface area contributed by atoms with E-state index in [9.17, 15) is 19.8 Å². The van der Waals surface area contributed by atoms with Crippen LogP contribution in [0.1, 0.15) is 44.9 Å². The summed E-state index contributed by atoms with van der Waals surface area (Å²) in [5, 5.41) is 32.0. The van der Waals surface area contributed by atoms with Crippen molar-refractivity contribution in [3.05, 3.63) is 75.7 Å². The average molecular weight is 455 g/mol. The van der Waals surface area contributed by atoms with Crippen LogP contribution in [0.25, 0.3) is 11.1 Å². The van der Waals surface area contributed by atoms with Crippen LogP contribution in [0.15, 0.2) is 54.0 Å². The van der Waals surface area contributed by atoms with E-state index in [-0.39, 0.29) is 36.1 Å². The zero-order valence-electron chi connectivity index (χ0n) is 17.0. The first kappa shape index (κ1) is 21.9. The molecule has 1 amide bonds. The highest BCUT2D eigenvalue weighted by Crippen LogP contribution is 2.44. The van der Waals surface area contributed by atoms with Gasteiger partial charge in [-0.2, -0.15) is 0 Å². The van der Waals surface area contributed by atoms with E-state index in [0.717, 1.165) is 33.6 Å². The number of aromatic nitrogens is 1. The molecule has 4 rings (SSSR count). The van der Waals surface area contributed by atoms with Crippen molar-refractivity contribution in [2.75, 3.05) is 13.2 Å². The number of rotatable bonds is 8. The number of aliphatic hydroxyl groups is 2. The molecule has 0 radical (unpaired) electrons. The van der Waals surface area contributed by atoms with E-state index in [4.69, 9.17) is 9.84 Å². The van der Waals surface area contributed by atoms with Crippen molar-refractivity contribution in [3.8, 4) is 11.1 Å². The van der Waals surface area contributed by atoms with Crippen LogP contribution in [-0.4, -0.2) is 51.6 Å². The third kappa shape index (κ3) is 4.36. The zero-order chi connectivity index (χ0) is 22.7. The number of fused-ring (bicyclic) bond motifs is 3. The highest BCUT2D eigenvalue weighted by atomic mass is 32.1. The minimum atomic E-state index is -1.40. The summed E-state index contributed by atoms with van der Waals surface area (Å²) >= 11 is 0.951. The fourth-order valence-corrected chi connectivity index (χ4v) is 4.75. The number of benzene rings is 2. The summed E-state index contributed by atoms with van der Waals surface area (Å²) in [6, 6.07) is 16.1. The van der Waals surface area contributed by atoms with Crippen molar-refractivity contribution < 1.29 is 29.6 Å². The molecule has 2 atom stereocenters. The van der Waals surface area contributed by atoms with Crippen molar-refractivity contribution in [2.24, 2.45) is 0 Å². The smallest absolute Gasteiger partial charge is 0.407 e. The van der Waals surface area contributed by atoms with Gasteiger partial charge in [-0.1, -0.05) is 48.5 Å². The van der Waals surface area contributed by atoms with Crippen LogP contribution in [0.5, 0.6) is 0 Å². The molecule has 3 aromatic rings. The molecular formula is C23H22N2O6S. The number of aliphatic hydroxyl groups excluding tert-OH is 2. The molecule has 2 aromatic carbocycles. The number of nitrogens with one attached hydrogen (secondary N) is 1. The molecule has 4 N–H and O–H groups in total. The summed E-state index contributed by atoms with van der Waals surface area (Å²) in [4.78, 5) is 27.1.